The molecule has 3 heterocycles. The normalized spacial score (nSPS) is 20.1. The first-order valence-corrected chi connectivity index (χ1v) is 10.9. The van der Waals surface area contributed by atoms with Gasteiger partial charge in [-0.15, -0.1) is 0 Å². The standard InChI is InChI=1S/C23H24FN5O4/c24-15-1-4-17(5-2-15)28-7-9-29(10-8-28)23-26-18(14-21(30)27-23)22(31)25-16-3-6-19-20(13-16)33-12-11-32-19/h1-6,13,18H,7-12,14H2,(H,25,31)(H,26,27,30). The third kappa shape index (κ3) is 4.69. The van der Waals surface area contributed by atoms with Crippen molar-refractivity contribution in [1.82, 2.24) is 10.2 Å². The lowest BCUT2D eigenvalue weighted by Crippen LogP contribution is -2.56. The first-order chi connectivity index (χ1) is 16.0. The maximum atomic E-state index is 13.2. The highest BCUT2D eigenvalue weighted by Crippen LogP contribution is 2.32. The molecule has 33 heavy (non-hydrogen) atoms. The molecule has 0 radical (unpaired) electrons. The van der Waals surface area contributed by atoms with Gasteiger partial charge in [0.2, 0.25) is 17.8 Å². The van der Waals surface area contributed by atoms with Crippen molar-refractivity contribution in [1.29, 1.82) is 0 Å². The number of anilines is 2. The minimum absolute atomic E-state index is 0.0184. The summed E-state index contributed by atoms with van der Waals surface area (Å²) >= 11 is 0. The Hall–Kier alpha value is -3.82. The van der Waals surface area contributed by atoms with E-state index in [-0.39, 0.29) is 24.1 Å². The van der Waals surface area contributed by atoms with Crippen LogP contribution in [0, 0.1) is 5.82 Å². The first kappa shape index (κ1) is 21.0. The summed E-state index contributed by atoms with van der Waals surface area (Å²) in [7, 11) is 0. The number of carbonyl (C=O) groups is 2. The van der Waals surface area contributed by atoms with E-state index < -0.39 is 6.04 Å². The minimum atomic E-state index is -0.822. The van der Waals surface area contributed by atoms with Crippen molar-refractivity contribution in [3.05, 3.63) is 48.3 Å². The monoisotopic (exact) mass is 453 g/mol. The van der Waals surface area contributed by atoms with Gasteiger partial charge in [-0.25, -0.2) is 9.38 Å². The maximum absolute atomic E-state index is 13.2. The van der Waals surface area contributed by atoms with Crippen molar-refractivity contribution in [2.75, 3.05) is 49.6 Å². The van der Waals surface area contributed by atoms with Gasteiger partial charge in [0.25, 0.3) is 0 Å². The predicted molar refractivity (Wildman–Crippen MR) is 120 cm³/mol. The number of nitrogens with one attached hydrogen (secondary N) is 2. The summed E-state index contributed by atoms with van der Waals surface area (Å²) in [5, 5.41) is 5.61. The van der Waals surface area contributed by atoms with Crippen molar-refractivity contribution < 1.29 is 23.5 Å². The molecule has 9 nitrogen and oxygen atoms in total. The smallest absolute Gasteiger partial charge is 0.249 e. The number of ether oxygens (including phenoxy) is 2. The van der Waals surface area contributed by atoms with Gasteiger partial charge in [-0.3, -0.25) is 14.9 Å². The largest absolute Gasteiger partial charge is 0.486 e. The van der Waals surface area contributed by atoms with E-state index in [0.29, 0.717) is 62.5 Å². The molecule has 3 aliphatic rings. The van der Waals surface area contributed by atoms with E-state index in [1.807, 2.05) is 4.90 Å². The molecule has 1 atom stereocenters. The first-order valence-electron chi connectivity index (χ1n) is 10.9. The third-order valence-corrected chi connectivity index (χ3v) is 5.79. The molecule has 1 fully saturated rings. The number of piperazine rings is 1. The molecular formula is C23H24FN5O4. The Morgan fingerprint density at radius 2 is 1.70 bits per heavy atom. The number of benzene rings is 2. The van der Waals surface area contributed by atoms with Gasteiger partial charge in [-0.2, -0.15) is 0 Å². The molecule has 1 saturated heterocycles. The van der Waals surface area contributed by atoms with Gasteiger partial charge in [0.05, 0.1) is 6.42 Å². The van der Waals surface area contributed by atoms with Crippen LogP contribution in [0.2, 0.25) is 0 Å². The van der Waals surface area contributed by atoms with Crippen LogP contribution in [0.25, 0.3) is 0 Å². The number of halogens is 1. The van der Waals surface area contributed by atoms with E-state index in [4.69, 9.17) is 9.47 Å². The van der Waals surface area contributed by atoms with Gasteiger partial charge in [-0.05, 0) is 36.4 Å². The predicted octanol–water partition coefficient (Wildman–Crippen LogP) is 1.60. The van der Waals surface area contributed by atoms with Crippen LogP contribution < -0.4 is 25.0 Å². The molecule has 0 saturated carbocycles. The van der Waals surface area contributed by atoms with Crippen LogP contribution in [0.15, 0.2) is 47.5 Å². The molecule has 1 unspecified atom stereocenters. The molecule has 172 valence electrons. The third-order valence-electron chi connectivity index (χ3n) is 5.79. The summed E-state index contributed by atoms with van der Waals surface area (Å²) in [4.78, 5) is 33.8. The van der Waals surface area contributed by atoms with Crippen molar-refractivity contribution >= 4 is 29.1 Å². The SMILES string of the molecule is O=C1CC(C(=O)Nc2ccc3c(c2)OCCO3)N=C(N2CCN(c3ccc(F)cc3)CC2)N1. The summed E-state index contributed by atoms with van der Waals surface area (Å²) < 4.78 is 24.2. The van der Waals surface area contributed by atoms with Gasteiger partial charge < -0.3 is 24.6 Å². The van der Waals surface area contributed by atoms with Crippen LogP contribution in [0.5, 0.6) is 11.5 Å². The zero-order chi connectivity index (χ0) is 22.8. The van der Waals surface area contributed by atoms with Crippen molar-refractivity contribution in [2.45, 2.75) is 12.5 Å². The molecule has 10 heteroatoms. The quantitative estimate of drug-likeness (QED) is 0.733. The fourth-order valence-electron chi connectivity index (χ4n) is 4.06. The summed E-state index contributed by atoms with van der Waals surface area (Å²) in [5.41, 5.74) is 1.50. The lowest BCUT2D eigenvalue weighted by Gasteiger charge is -2.38. The number of hydrogen-bond acceptors (Lipinski definition) is 7. The van der Waals surface area contributed by atoms with Crippen molar-refractivity contribution in [2.24, 2.45) is 4.99 Å². The highest BCUT2D eigenvalue weighted by Gasteiger charge is 2.31. The van der Waals surface area contributed by atoms with E-state index in [9.17, 15) is 14.0 Å². The molecule has 2 aromatic carbocycles. The molecule has 2 amide bonds. The zero-order valence-corrected chi connectivity index (χ0v) is 17.9. The van der Waals surface area contributed by atoms with Crippen molar-refractivity contribution in [3.8, 4) is 11.5 Å². The fourth-order valence-corrected chi connectivity index (χ4v) is 4.06. The number of guanidine groups is 1. The second-order valence-electron chi connectivity index (χ2n) is 8.02. The Morgan fingerprint density at radius 1 is 1.00 bits per heavy atom. The molecular weight excluding hydrogens is 429 g/mol. The number of aliphatic imine (C=N–C) groups is 1. The Labute approximate surface area is 190 Å². The van der Waals surface area contributed by atoms with Crippen molar-refractivity contribution in [3.63, 3.8) is 0 Å². The summed E-state index contributed by atoms with van der Waals surface area (Å²) in [6.45, 7) is 3.56. The number of rotatable bonds is 3. The number of nitrogens with zero attached hydrogens (tertiary/aromatic N) is 3. The molecule has 0 aromatic heterocycles. The van der Waals surface area contributed by atoms with Gasteiger partial charge in [-0.1, -0.05) is 0 Å². The highest BCUT2D eigenvalue weighted by molar-refractivity contribution is 6.06. The lowest BCUT2D eigenvalue weighted by molar-refractivity contribution is -0.125. The highest BCUT2D eigenvalue weighted by atomic mass is 19.1. The molecule has 0 aliphatic carbocycles. The molecule has 2 aromatic rings. The maximum Gasteiger partial charge on any atom is 0.249 e. The summed E-state index contributed by atoms with van der Waals surface area (Å²) in [6, 6.07) is 10.7. The molecule has 0 bridgehead atoms. The van der Waals surface area contributed by atoms with Crippen LogP contribution in [-0.4, -0.2) is 68.1 Å². The van der Waals surface area contributed by atoms with E-state index in [1.54, 1.807) is 30.3 Å². The van der Waals surface area contributed by atoms with Gasteiger partial charge >= 0.3 is 0 Å². The average molecular weight is 453 g/mol. The summed E-state index contributed by atoms with van der Waals surface area (Å²) in [6.07, 6.45) is -0.0184. The molecule has 5 rings (SSSR count). The van der Waals surface area contributed by atoms with E-state index >= 15 is 0 Å². The fraction of sp³-hybridized carbons (Fsp3) is 0.348. The number of fused-ring (bicyclic) bond motifs is 1. The molecule has 0 spiro atoms. The van der Waals surface area contributed by atoms with Crippen LogP contribution in [0.4, 0.5) is 15.8 Å². The van der Waals surface area contributed by atoms with Gasteiger partial charge in [0, 0.05) is 43.6 Å². The Kier molecular flexibility index (Phi) is 5.72. The zero-order valence-electron chi connectivity index (χ0n) is 17.9. The topological polar surface area (TPSA) is 95.5 Å². The number of amides is 2. The van der Waals surface area contributed by atoms with Crippen LogP contribution in [-0.2, 0) is 9.59 Å². The van der Waals surface area contributed by atoms with E-state index in [1.165, 1.54) is 12.1 Å². The second kappa shape index (κ2) is 8.97. The lowest BCUT2D eigenvalue weighted by atomic mass is 10.1. The summed E-state index contributed by atoms with van der Waals surface area (Å²) in [5.74, 6) is 0.747. The number of hydrogen-bond donors (Lipinski definition) is 2. The average Bonchev–Trinajstić information content (AvgIpc) is 2.84. The Bertz CT molecular complexity index is 1080. The van der Waals surface area contributed by atoms with Gasteiger partial charge in [0.15, 0.2) is 11.5 Å². The van der Waals surface area contributed by atoms with E-state index in [0.717, 1.165) is 5.69 Å². The Balaban J connectivity index is 1.23. The number of carbonyl (C=O) groups excluding carboxylic acids is 2. The van der Waals surface area contributed by atoms with Crippen LogP contribution in [0.1, 0.15) is 6.42 Å². The Morgan fingerprint density at radius 3 is 2.45 bits per heavy atom. The van der Waals surface area contributed by atoms with E-state index in [2.05, 4.69) is 20.5 Å². The molecule has 2 N–H and O–H groups in total. The molecule has 3 aliphatic heterocycles. The second-order valence-corrected chi connectivity index (χ2v) is 8.02. The van der Waals surface area contributed by atoms with Crippen LogP contribution >= 0.6 is 0 Å². The minimum Gasteiger partial charge on any atom is -0.486 e. The van der Waals surface area contributed by atoms with Crippen LogP contribution in [0.3, 0.4) is 0 Å². The van der Waals surface area contributed by atoms with Gasteiger partial charge in [0.1, 0.15) is 25.1 Å².